The molecular formula is C15H14ClN3. The van der Waals surface area contributed by atoms with Gasteiger partial charge in [0.15, 0.2) is 0 Å². The molecule has 0 aliphatic heterocycles. The van der Waals surface area contributed by atoms with Crippen LogP contribution in [0.3, 0.4) is 0 Å². The predicted molar refractivity (Wildman–Crippen MR) is 77.1 cm³/mol. The highest BCUT2D eigenvalue weighted by atomic mass is 35.5. The van der Waals surface area contributed by atoms with Crippen molar-refractivity contribution in [2.45, 2.75) is 19.9 Å². The number of hydrogen-bond acceptors (Lipinski definition) is 3. The van der Waals surface area contributed by atoms with E-state index in [1.165, 1.54) is 5.56 Å². The molecule has 0 aliphatic carbocycles. The summed E-state index contributed by atoms with van der Waals surface area (Å²) >= 11 is 5.87. The molecule has 0 saturated heterocycles. The molecule has 1 aromatic heterocycles. The highest BCUT2D eigenvalue weighted by molar-refractivity contribution is 6.30. The minimum atomic E-state index is 0.543. The second kappa shape index (κ2) is 6.21. The van der Waals surface area contributed by atoms with E-state index in [2.05, 4.69) is 29.4 Å². The van der Waals surface area contributed by atoms with Gasteiger partial charge in [-0.2, -0.15) is 5.26 Å². The summed E-state index contributed by atoms with van der Waals surface area (Å²) in [6.07, 6.45) is 2.72. The van der Waals surface area contributed by atoms with Gasteiger partial charge in [0.25, 0.3) is 0 Å². The van der Waals surface area contributed by atoms with Crippen LogP contribution in [0.4, 0.5) is 5.69 Å². The van der Waals surface area contributed by atoms with Crippen molar-refractivity contribution >= 4 is 17.3 Å². The Kier molecular flexibility index (Phi) is 4.38. The third-order valence-corrected chi connectivity index (χ3v) is 3.15. The number of nitrogens with one attached hydrogen (secondary N) is 1. The summed E-state index contributed by atoms with van der Waals surface area (Å²) in [6, 6.07) is 11.4. The van der Waals surface area contributed by atoms with E-state index >= 15 is 0 Å². The lowest BCUT2D eigenvalue weighted by Gasteiger charge is -2.10. The molecule has 0 amide bonds. The van der Waals surface area contributed by atoms with Gasteiger partial charge >= 0.3 is 0 Å². The molecule has 0 fully saturated rings. The highest BCUT2D eigenvalue weighted by Crippen LogP contribution is 2.20. The van der Waals surface area contributed by atoms with E-state index < -0.39 is 0 Å². The summed E-state index contributed by atoms with van der Waals surface area (Å²) in [7, 11) is 0. The number of rotatable bonds is 4. The summed E-state index contributed by atoms with van der Waals surface area (Å²) in [4.78, 5) is 4.37. The van der Waals surface area contributed by atoms with Crippen molar-refractivity contribution in [3.05, 3.63) is 58.4 Å². The average Bonchev–Trinajstić information content (AvgIpc) is 2.46. The van der Waals surface area contributed by atoms with Gasteiger partial charge in [0.05, 0.1) is 23.5 Å². The maximum absolute atomic E-state index is 9.08. The van der Waals surface area contributed by atoms with Crippen molar-refractivity contribution in [1.29, 1.82) is 5.26 Å². The minimum Gasteiger partial charge on any atom is -0.378 e. The monoisotopic (exact) mass is 271 g/mol. The van der Waals surface area contributed by atoms with E-state index in [-0.39, 0.29) is 0 Å². The summed E-state index contributed by atoms with van der Waals surface area (Å²) in [6.45, 7) is 2.70. The van der Waals surface area contributed by atoms with Gasteiger partial charge in [-0.05, 0) is 36.2 Å². The molecule has 2 aromatic rings. The van der Waals surface area contributed by atoms with E-state index in [4.69, 9.17) is 16.9 Å². The van der Waals surface area contributed by atoms with Crippen LogP contribution in [-0.4, -0.2) is 4.98 Å². The predicted octanol–water partition coefficient (Wildman–Crippen LogP) is 3.78. The van der Waals surface area contributed by atoms with Gasteiger partial charge in [-0.25, -0.2) is 0 Å². The topological polar surface area (TPSA) is 48.7 Å². The first-order valence-corrected chi connectivity index (χ1v) is 6.48. The van der Waals surface area contributed by atoms with Gasteiger partial charge in [-0.1, -0.05) is 24.6 Å². The Bertz CT molecular complexity index is 617. The molecule has 0 unspecified atom stereocenters. The lowest BCUT2D eigenvalue weighted by atomic mass is 10.1. The number of nitrogens with zero attached hydrogens (tertiary/aromatic N) is 2. The Balaban J connectivity index is 2.17. The molecule has 1 N–H and O–H groups in total. The Morgan fingerprint density at radius 3 is 2.95 bits per heavy atom. The quantitative estimate of drug-likeness (QED) is 0.921. The van der Waals surface area contributed by atoms with Gasteiger partial charge in [-0.15, -0.1) is 0 Å². The molecule has 0 aliphatic rings. The maximum Gasteiger partial charge on any atom is 0.101 e. The summed E-state index contributed by atoms with van der Waals surface area (Å²) in [5, 5.41) is 12.9. The van der Waals surface area contributed by atoms with E-state index in [9.17, 15) is 0 Å². The van der Waals surface area contributed by atoms with Crippen LogP contribution in [0.2, 0.25) is 5.02 Å². The second-order valence-corrected chi connectivity index (χ2v) is 4.55. The van der Waals surface area contributed by atoms with Crippen molar-refractivity contribution in [2.75, 3.05) is 5.32 Å². The average molecular weight is 272 g/mol. The number of anilines is 1. The van der Waals surface area contributed by atoms with Crippen LogP contribution in [-0.2, 0) is 13.0 Å². The number of nitriles is 1. The number of halogens is 1. The number of aryl methyl sites for hydroxylation is 1. The van der Waals surface area contributed by atoms with Gasteiger partial charge in [0, 0.05) is 11.2 Å². The first-order chi connectivity index (χ1) is 9.24. The Morgan fingerprint density at radius 2 is 2.21 bits per heavy atom. The molecule has 1 heterocycles. The lowest BCUT2D eigenvalue weighted by Crippen LogP contribution is -2.06. The molecule has 4 heteroatoms. The van der Waals surface area contributed by atoms with Crippen LogP contribution in [0.15, 0.2) is 36.5 Å². The van der Waals surface area contributed by atoms with Gasteiger partial charge in [-0.3, -0.25) is 4.98 Å². The maximum atomic E-state index is 9.08. The molecule has 19 heavy (non-hydrogen) atoms. The van der Waals surface area contributed by atoms with Crippen molar-refractivity contribution in [2.24, 2.45) is 0 Å². The molecule has 0 saturated carbocycles. The normalized spacial score (nSPS) is 9.95. The highest BCUT2D eigenvalue weighted by Gasteiger charge is 2.05. The largest absolute Gasteiger partial charge is 0.378 e. The first-order valence-electron chi connectivity index (χ1n) is 6.11. The SMILES string of the molecule is CCc1cccnc1CNc1ccc(Cl)cc1C#N. The van der Waals surface area contributed by atoms with Crippen molar-refractivity contribution in [1.82, 2.24) is 4.98 Å². The van der Waals surface area contributed by atoms with E-state index in [0.29, 0.717) is 17.1 Å². The minimum absolute atomic E-state index is 0.543. The molecule has 2 rings (SSSR count). The van der Waals surface area contributed by atoms with Crippen LogP contribution in [0.5, 0.6) is 0 Å². The molecular weight excluding hydrogens is 258 g/mol. The molecule has 0 bridgehead atoms. The number of benzene rings is 1. The molecule has 96 valence electrons. The summed E-state index contributed by atoms with van der Waals surface area (Å²) < 4.78 is 0. The lowest BCUT2D eigenvalue weighted by molar-refractivity contribution is 0.971. The van der Waals surface area contributed by atoms with Crippen LogP contribution >= 0.6 is 11.6 Å². The number of pyridine rings is 1. The van der Waals surface area contributed by atoms with E-state index in [0.717, 1.165) is 17.8 Å². The molecule has 0 atom stereocenters. The molecule has 0 spiro atoms. The molecule has 0 radical (unpaired) electrons. The first kappa shape index (κ1) is 13.4. The van der Waals surface area contributed by atoms with Gasteiger partial charge in [0.1, 0.15) is 6.07 Å². The van der Waals surface area contributed by atoms with Crippen molar-refractivity contribution < 1.29 is 0 Å². The fraction of sp³-hybridized carbons (Fsp3) is 0.200. The summed E-state index contributed by atoms with van der Waals surface area (Å²) in [5.74, 6) is 0. The summed E-state index contributed by atoms with van der Waals surface area (Å²) in [5.41, 5.74) is 3.53. The van der Waals surface area contributed by atoms with Crippen molar-refractivity contribution in [3.8, 4) is 6.07 Å². The third kappa shape index (κ3) is 3.24. The zero-order valence-electron chi connectivity index (χ0n) is 10.7. The fourth-order valence-corrected chi connectivity index (χ4v) is 2.07. The van der Waals surface area contributed by atoms with Gasteiger partial charge in [0.2, 0.25) is 0 Å². The van der Waals surface area contributed by atoms with E-state index in [1.54, 1.807) is 18.3 Å². The number of hydrogen-bond donors (Lipinski definition) is 1. The van der Waals surface area contributed by atoms with Crippen LogP contribution in [0.25, 0.3) is 0 Å². The zero-order valence-corrected chi connectivity index (χ0v) is 11.4. The molecule has 1 aromatic carbocycles. The number of aromatic nitrogens is 1. The molecule has 3 nitrogen and oxygen atoms in total. The van der Waals surface area contributed by atoms with Gasteiger partial charge < -0.3 is 5.32 Å². The van der Waals surface area contributed by atoms with Crippen molar-refractivity contribution in [3.63, 3.8) is 0 Å². The second-order valence-electron chi connectivity index (χ2n) is 4.12. The van der Waals surface area contributed by atoms with Crippen LogP contribution < -0.4 is 5.32 Å². The third-order valence-electron chi connectivity index (χ3n) is 2.91. The Labute approximate surface area is 117 Å². The smallest absolute Gasteiger partial charge is 0.101 e. The zero-order chi connectivity index (χ0) is 13.7. The van der Waals surface area contributed by atoms with E-state index in [1.807, 2.05) is 12.1 Å². The Hall–Kier alpha value is -2.05. The van der Waals surface area contributed by atoms with Crippen LogP contribution in [0.1, 0.15) is 23.7 Å². The standard InChI is InChI=1S/C15H14ClN3/c1-2-11-4-3-7-18-15(11)10-19-14-6-5-13(16)8-12(14)9-17/h3-8,19H,2,10H2,1H3. The Morgan fingerprint density at radius 1 is 1.37 bits per heavy atom. The van der Waals surface area contributed by atoms with Crippen LogP contribution in [0, 0.1) is 11.3 Å². The fourth-order valence-electron chi connectivity index (χ4n) is 1.89.